The molecule has 2 aromatic rings. The van der Waals surface area contributed by atoms with Gasteiger partial charge in [0.2, 0.25) is 11.8 Å². The van der Waals surface area contributed by atoms with Crippen LogP contribution in [0.2, 0.25) is 0 Å². The summed E-state index contributed by atoms with van der Waals surface area (Å²) >= 11 is 1.58. The molecule has 7 nitrogen and oxygen atoms in total. The number of nitrogens with zero attached hydrogens (tertiary/aromatic N) is 2. The number of carbonyl (C=O) groups excluding carboxylic acids is 2. The Morgan fingerprint density at radius 1 is 1.30 bits per heavy atom. The maximum absolute atomic E-state index is 14.5. The van der Waals surface area contributed by atoms with Crippen molar-refractivity contribution >= 4 is 23.2 Å². The quantitative estimate of drug-likeness (QED) is 0.571. The zero-order valence-corrected chi connectivity index (χ0v) is 20.4. The lowest BCUT2D eigenvalue weighted by Gasteiger charge is -2.29. The number of aryl methyl sites for hydroxylation is 1. The molecule has 2 fully saturated rings. The average Bonchev–Trinajstić information content (AvgIpc) is 3.21. The normalized spacial score (nSPS) is 21.7. The highest BCUT2D eigenvalue weighted by molar-refractivity contribution is 7.13. The molecule has 2 aliphatic rings. The predicted molar refractivity (Wildman–Crippen MR) is 128 cm³/mol. The number of alkyl halides is 1. The van der Waals surface area contributed by atoms with Crippen LogP contribution in [0, 0.1) is 6.92 Å². The third-order valence-electron chi connectivity index (χ3n) is 6.07. The van der Waals surface area contributed by atoms with Crippen LogP contribution in [0.15, 0.2) is 29.8 Å². The van der Waals surface area contributed by atoms with Gasteiger partial charge in [-0.15, -0.1) is 11.3 Å². The summed E-state index contributed by atoms with van der Waals surface area (Å²) in [7, 11) is 1.54. The van der Waals surface area contributed by atoms with E-state index in [-0.39, 0.29) is 18.9 Å². The number of nitrogens with one attached hydrogen (secondary N) is 2. The van der Waals surface area contributed by atoms with Gasteiger partial charge in [-0.05, 0) is 37.9 Å². The van der Waals surface area contributed by atoms with Crippen LogP contribution in [0.3, 0.4) is 0 Å². The van der Waals surface area contributed by atoms with Crippen molar-refractivity contribution in [3.8, 4) is 10.4 Å². The van der Waals surface area contributed by atoms with Crippen molar-refractivity contribution in [2.45, 2.75) is 70.4 Å². The zero-order chi connectivity index (χ0) is 24.2. The van der Waals surface area contributed by atoms with Crippen LogP contribution in [-0.4, -0.2) is 64.3 Å². The number of aliphatic hydroxyl groups excluding tert-OH is 1. The second-order valence-corrected chi connectivity index (χ2v) is 9.19. The van der Waals surface area contributed by atoms with Gasteiger partial charge in [-0.2, -0.15) is 0 Å². The number of hydrogen-bond acceptors (Lipinski definition) is 6. The van der Waals surface area contributed by atoms with Crippen LogP contribution >= 0.6 is 11.3 Å². The van der Waals surface area contributed by atoms with Gasteiger partial charge in [0.15, 0.2) is 0 Å². The van der Waals surface area contributed by atoms with E-state index >= 15 is 0 Å². The van der Waals surface area contributed by atoms with Gasteiger partial charge >= 0.3 is 0 Å². The zero-order valence-electron chi connectivity index (χ0n) is 19.6. The van der Waals surface area contributed by atoms with Gasteiger partial charge in [0.25, 0.3) is 0 Å². The van der Waals surface area contributed by atoms with Gasteiger partial charge in [0, 0.05) is 19.5 Å². The molecule has 0 bridgehead atoms. The first-order valence-electron chi connectivity index (χ1n) is 11.4. The Bertz CT molecular complexity index is 961. The average molecular weight is 477 g/mol. The molecule has 4 rings (SSSR count). The number of rotatable bonds is 7. The van der Waals surface area contributed by atoms with Crippen molar-refractivity contribution in [2.75, 3.05) is 13.6 Å². The summed E-state index contributed by atoms with van der Waals surface area (Å²) in [5, 5.41) is 15.7. The molecule has 0 radical (unpaired) electrons. The van der Waals surface area contributed by atoms with E-state index in [1.165, 1.54) is 4.90 Å². The topological polar surface area (TPSA) is 94.6 Å². The number of amides is 2. The Balaban J connectivity index is 0.00000149. The van der Waals surface area contributed by atoms with E-state index in [2.05, 4.69) is 15.6 Å². The largest absolute Gasteiger partial charge is 0.391 e. The summed E-state index contributed by atoms with van der Waals surface area (Å²) in [5.74, 6) is -0.811. The lowest BCUT2D eigenvalue weighted by atomic mass is 10.1. The van der Waals surface area contributed by atoms with Crippen LogP contribution in [0.5, 0.6) is 0 Å². The third-order valence-corrected chi connectivity index (χ3v) is 7.05. The highest BCUT2D eigenvalue weighted by Crippen LogP contribution is 2.43. The summed E-state index contributed by atoms with van der Waals surface area (Å²) < 4.78 is 14.5. The number of carbonyl (C=O) groups is 2. The standard InChI is InChI=1S/C22H27FN4O3S.C2H6/c1-13-18(31-12-26-13)15-5-3-14(4-6-15)10-25-20(29)17-9-16(28)11-27(17)21(30)19(24-2)22(23)7-8-22;1-2/h3-6,12,16-17,19,24,28H,7-11H2,1-2H3,(H,25,29);1-2H3. The van der Waals surface area contributed by atoms with Gasteiger partial charge in [0.05, 0.1) is 22.2 Å². The number of halogens is 1. The van der Waals surface area contributed by atoms with E-state index in [4.69, 9.17) is 0 Å². The molecule has 1 saturated heterocycles. The maximum Gasteiger partial charge on any atom is 0.243 e. The first-order chi connectivity index (χ1) is 15.8. The number of likely N-dealkylation sites (N-methyl/N-ethyl adjacent to an activating group) is 1. The monoisotopic (exact) mass is 476 g/mol. The number of benzene rings is 1. The molecule has 3 atom stereocenters. The molecule has 1 saturated carbocycles. The Hall–Kier alpha value is -2.36. The summed E-state index contributed by atoms with van der Waals surface area (Å²) in [6, 6.07) is 6.07. The van der Waals surface area contributed by atoms with Gasteiger partial charge in [0.1, 0.15) is 17.8 Å². The van der Waals surface area contributed by atoms with Gasteiger partial charge in [-0.3, -0.25) is 9.59 Å². The molecule has 33 heavy (non-hydrogen) atoms. The molecular weight excluding hydrogens is 443 g/mol. The Labute approximate surface area is 198 Å². The number of likely N-dealkylation sites (tertiary alicyclic amines) is 1. The number of aromatic nitrogens is 1. The highest BCUT2D eigenvalue weighted by Gasteiger charge is 2.55. The summed E-state index contributed by atoms with van der Waals surface area (Å²) in [5.41, 5.74) is 3.23. The second-order valence-electron chi connectivity index (χ2n) is 8.33. The molecule has 1 aromatic heterocycles. The van der Waals surface area contributed by atoms with E-state index in [0.29, 0.717) is 19.4 Å². The minimum atomic E-state index is -1.56. The molecule has 2 heterocycles. The molecular formula is C24H33FN4O3S. The van der Waals surface area contributed by atoms with Crippen LogP contribution < -0.4 is 10.6 Å². The van der Waals surface area contributed by atoms with E-state index in [1.807, 2.05) is 50.5 Å². The fourth-order valence-electron chi connectivity index (χ4n) is 4.14. The van der Waals surface area contributed by atoms with Crippen LogP contribution in [0.25, 0.3) is 10.4 Å². The van der Waals surface area contributed by atoms with Crippen LogP contribution in [0.4, 0.5) is 4.39 Å². The van der Waals surface area contributed by atoms with Crippen LogP contribution in [-0.2, 0) is 16.1 Å². The number of hydrogen-bond donors (Lipinski definition) is 3. The minimum Gasteiger partial charge on any atom is -0.391 e. The lowest BCUT2D eigenvalue weighted by Crippen LogP contribution is -2.55. The molecule has 3 N–H and O–H groups in total. The van der Waals surface area contributed by atoms with E-state index < -0.39 is 29.8 Å². The third kappa shape index (κ3) is 5.59. The Morgan fingerprint density at radius 2 is 1.97 bits per heavy atom. The molecule has 180 valence electrons. The molecule has 0 spiro atoms. The number of β-amino-alcohol motifs (C(OH)–C–C–N with tert-alkyl or cyclic N) is 1. The molecule has 1 aliphatic heterocycles. The predicted octanol–water partition coefficient (Wildman–Crippen LogP) is 2.81. The fourth-order valence-corrected chi connectivity index (χ4v) is 4.95. The molecule has 3 unspecified atom stereocenters. The van der Waals surface area contributed by atoms with Gasteiger partial charge in [-0.1, -0.05) is 38.1 Å². The first kappa shape index (κ1) is 25.3. The van der Waals surface area contributed by atoms with Crippen molar-refractivity contribution in [2.24, 2.45) is 0 Å². The lowest BCUT2D eigenvalue weighted by molar-refractivity contribution is -0.141. The molecule has 9 heteroatoms. The maximum atomic E-state index is 14.5. The van der Waals surface area contributed by atoms with E-state index in [0.717, 1.165) is 21.7 Å². The van der Waals surface area contributed by atoms with Gasteiger partial charge in [-0.25, -0.2) is 9.37 Å². The Kier molecular flexibility index (Phi) is 8.20. The van der Waals surface area contributed by atoms with Crippen molar-refractivity contribution in [1.82, 2.24) is 20.5 Å². The first-order valence-corrected chi connectivity index (χ1v) is 12.3. The SMILES string of the molecule is CC.CNC(C(=O)N1CC(O)CC1C(=O)NCc1ccc(-c2scnc2C)cc1)C1(F)CC1. The molecule has 1 aliphatic carbocycles. The summed E-state index contributed by atoms with van der Waals surface area (Å²) in [4.78, 5) is 32.4. The van der Waals surface area contributed by atoms with Crippen molar-refractivity contribution in [3.63, 3.8) is 0 Å². The van der Waals surface area contributed by atoms with Crippen molar-refractivity contribution < 1.29 is 19.1 Å². The fraction of sp³-hybridized carbons (Fsp3) is 0.542. The number of thiazole rings is 1. The van der Waals surface area contributed by atoms with Crippen molar-refractivity contribution in [1.29, 1.82) is 0 Å². The number of aliphatic hydroxyl groups is 1. The van der Waals surface area contributed by atoms with E-state index in [9.17, 15) is 19.1 Å². The summed E-state index contributed by atoms with van der Waals surface area (Å²) in [6.45, 7) is 6.31. The minimum absolute atomic E-state index is 0.0358. The molecule has 1 aromatic carbocycles. The smallest absolute Gasteiger partial charge is 0.243 e. The van der Waals surface area contributed by atoms with Gasteiger partial charge < -0.3 is 20.6 Å². The van der Waals surface area contributed by atoms with E-state index in [1.54, 1.807) is 18.4 Å². The second kappa shape index (κ2) is 10.7. The van der Waals surface area contributed by atoms with Crippen LogP contribution in [0.1, 0.15) is 44.4 Å². The summed E-state index contributed by atoms with van der Waals surface area (Å²) in [6.07, 6.45) is 0.00824. The van der Waals surface area contributed by atoms with Crippen molar-refractivity contribution in [3.05, 3.63) is 41.0 Å². The molecule has 2 amide bonds. The highest BCUT2D eigenvalue weighted by atomic mass is 32.1. The Morgan fingerprint density at radius 3 is 2.52 bits per heavy atom.